The van der Waals surface area contributed by atoms with Gasteiger partial charge in [-0.15, -0.1) is 0 Å². The third-order valence-electron chi connectivity index (χ3n) is 11.8. The first kappa shape index (κ1) is 35.0. The van der Waals surface area contributed by atoms with E-state index in [-0.39, 0.29) is 5.41 Å². The molecule has 0 bridgehead atoms. The first-order valence-electron chi connectivity index (χ1n) is 19.9. The topological polar surface area (TPSA) is 38.7 Å². The number of aromatic nitrogens is 3. The second-order valence-corrected chi connectivity index (χ2v) is 21.9. The summed E-state index contributed by atoms with van der Waals surface area (Å²) in [5.74, 6) is 1.97. The van der Waals surface area contributed by atoms with Crippen LogP contribution in [0.4, 0.5) is 0 Å². The van der Waals surface area contributed by atoms with Crippen molar-refractivity contribution in [3.63, 3.8) is 0 Å². The Morgan fingerprint density at radius 1 is 0.368 bits per heavy atom. The molecular formula is C53H43N3Si. The summed E-state index contributed by atoms with van der Waals surface area (Å²) >= 11 is 0. The van der Waals surface area contributed by atoms with Gasteiger partial charge in [0, 0.05) is 22.1 Å². The van der Waals surface area contributed by atoms with Crippen LogP contribution in [-0.4, -0.2) is 23.0 Å². The molecule has 0 spiro atoms. The molecule has 3 nitrogen and oxygen atoms in total. The first-order chi connectivity index (χ1) is 27.6. The fourth-order valence-electron chi connectivity index (χ4n) is 8.89. The van der Waals surface area contributed by atoms with Gasteiger partial charge >= 0.3 is 0 Å². The van der Waals surface area contributed by atoms with Crippen LogP contribution in [0.2, 0.25) is 19.6 Å². The molecule has 0 radical (unpaired) electrons. The highest BCUT2D eigenvalue weighted by atomic mass is 28.3. The Balaban J connectivity index is 1.09. The smallest absolute Gasteiger partial charge is 0.164 e. The molecule has 4 heteroatoms. The summed E-state index contributed by atoms with van der Waals surface area (Å²) in [4.78, 5) is 15.1. The predicted octanol–water partition coefficient (Wildman–Crippen LogP) is 13.4. The summed E-state index contributed by atoms with van der Waals surface area (Å²) in [5, 5.41) is 6.59. The average molecular weight is 750 g/mol. The van der Waals surface area contributed by atoms with Gasteiger partial charge in [-0.05, 0) is 90.3 Å². The lowest BCUT2D eigenvalue weighted by Gasteiger charge is -2.24. The van der Waals surface area contributed by atoms with Crippen molar-refractivity contribution >= 4 is 34.8 Å². The van der Waals surface area contributed by atoms with Gasteiger partial charge in [-0.3, -0.25) is 0 Å². The van der Waals surface area contributed by atoms with Crippen LogP contribution in [-0.2, 0) is 5.41 Å². The summed E-state index contributed by atoms with van der Waals surface area (Å²) in [7, 11) is -1.52. The standard InChI is InChI=1S/C53H43N3Si/c1-53(2)47-32-37(41-28-29-49(57(3,4)5)45-23-15-14-22-42(41)45)24-26-43(47)44-27-25-38(33-48(44)53)46-31-39(30-36-20-12-13-21-40(36)46)52-55-50(34-16-8-6-9-17-34)54-51(56-52)35-18-10-7-11-19-35/h6-33H,1-5H3. The molecule has 1 aliphatic rings. The van der Waals surface area contributed by atoms with E-state index >= 15 is 0 Å². The fourth-order valence-corrected chi connectivity index (χ4v) is 10.5. The molecule has 0 unspecified atom stereocenters. The van der Waals surface area contributed by atoms with Crippen molar-refractivity contribution in [2.45, 2.75) is 38.9 Å². The highest BCUT2D eigenvalue weighted by molar-refractivity contribution is 6.90. The molecule has 0 N–H and O–H groups in total. The molecule has 0 fully saturated rings. The van der Waals surface area contributed by atoms with E-state index in [4.69, 9.17) is 15.0 Å². The molecular weight excluding hydrogens is 707 g/mol. The summed E-state index contributed by atoms with van der Waals surface area (Å²) in [6.45, 7) is 12.1. The molecule has 0 aliphatic heterocycles. The molecule has 0 amide bonds. The van der Waals surface area contributed by atoms with Crippen LogP contribution in [0, 0.1) is 0 Å². The lowest BCUT2D eigenvalue weighted by molar-refractivity contribution is 0.661. The van der Waals surface area contributed by atoms with Gasteiger partial charge in [0.2, 0.25) is 0 Å². The van der Waals surface area contributed by atoms with Gasteiger partial charge < -0.3 is 0 Å². The zero-order valence-electron chi connectivity index (χ0n) is 33.0. The highest BCUT2D eigenvalue weighted by Crippen LogP contribution is 2.51. The van der Waals surface area contributed by atoms with Crippen LogP contribution in [0.1, 0.15) is 25.0 Å². The Morgan fingerprint density at radius 3 is 1.42 bits per heavy atom. The summed E-state index contributed by atoms with van der Waals surface area (Å²) in [5.41, 5.74) is 12.9. The minimum absolute atomic E-state index is 0.193. The molecule has 1 heterocycles. The Morgan fingerprint density at radius 2 is 0.842 bits per heavy atom. The third-order valence-corrected chi connectivity index (χ3v) is 13.9. The fraction of sp³-hybridized carbons (Fsp3) is 0.113. The molecule has 1 aromatic heterocycles. The minimum Gasteiger partial charge on any atom is -0.208 e. The third kappa shape index (κ3) is 6.00. The van der Waals surface area contributed by atoms with Crippen molar-refractivity contribution in [2.75, 3.05) is 0 Å². The molecule has 8 aromatic carbocycles. The van der Waals surface area contributed by atoms with Crippen molar-refractivity contribution in [2.24, 2.45) is 0 Å². The molecule has 1 aliphatic carbocycles. The number of benzene rings is 8. The van der Waals surface area contributed by atoms with Gasteiger partial charge in [0.15, 0.2) is 17.5 Å². The Labute approximate surface area is 335 Å². The Kier molecular flexibility index (Phi) is 8.17. The van der Waals surface area contributed by atoms with Gasteiger partial charge in [-0.2, -0.15) is 0 Å². The van der Waals surface area contributed by atoms with E-state index in [0.717, 1.165) is 27.6 Å². The van der Waals surface area contributed by atoms with Gasteiger partial charge in [0.05, 0.1) is 8.07 Å². The van der Waals surface area contributed by atoms with E-state index < -0.39 is 8.07 Å². The maximum absolute atomic E-state index is 5.10. The molecule has 10 rings (SSSR count). The van der Waals surface area contributed by atoms with E-state index in [0.29, 0.717) is 17.5 Å². The van der Waals surface area contributed by atoms with Crippen LogP contribution >= 0.6 is 0 Å². The minimum atomic E-state index is -1.52. The summed E-state index contributed by atoms with van der Waals surface area (Å²) in [6, 6.07) is 61.4. The van der Waals surface area contributed by atoms with Crippen molar-refractivity contribution in [1.82, 2.24) is 15.0 Å². The number of nitrogens with zero attached hydrogens (tertiary/aromatic N) is 3. The van der Waals surface area contributed by atoms with Crippen LogP contribution in [0.25, 0.3) is 89.1 Å². The van der Waals surface area contributed by atoms with Gasteiger partial charge in [0.25, 0.3) is 0 Å². The summed E-state index contributed by atoms with van der Waals surface area (Å²) in [6.07, 6.45) is 0. The van der Waals surface area contributed by atoms with Crippen molar-refractivity contribution < 1.29 is 0 Å². The average Bonchev–Trinajstić information content (AvgIpc) is 3.47. The second-order valence-electron chi connectivity index (χ2n) is 16.9. The van der Waals surface area contributed by atoms with Crippen molar-refractivity contribution in [3.8, 4) is 67.5 Å². The van der Waals surface area contributed by atoms with Crippen molar-refractivity contribution in [3.05, 3.63) is 181 Å². The normalized spacial score (nSPS) is 13.1. The van der Waals surface area contributed by atoms with Gasteiger partial charge in [-0.1, -0.05) is 184 Å². The van der Waals surface area contributed by atoms with E-state index in [1.807, 2.05) is 36.4 Å². The number of fused-ring (bicyclic) bond motifs is 5. The zero-order valence-corrected chi connectivity index (χ0v) is 34.0. The lowest BCUT2D eigenvalue weighted by Crippen LogP contribution is -2.38. The largest absolute Gasteiger partial charge is 0.208 e. The maximum atomic E-state index is 5.10. The first-order valence-corrected chi connectivity index (χ1v) is 23.4. The van der Waals surface area contributed by atoms with Crippen LogP contribution < -0.4 is 5.19 Å². The monoisotopic (exact) mass is 749 g/mol. The molecule has 0 atom stereocenters. The van der Waals surface area contributed by atoms with Crippen LogP contribution in [0.5, 0.6) is 0 Å². The Hall–Kier alpha value is -6.49. The highest BCUT2D eigenvalue weighted by Gasteiger charge is 2.36. The SMILES string of the molecule is CC1(C)c2cc(-c3cc(-c4nc(-c5ccccc5)nc(-c5ccccc5)n4)cc4ccccc34)ccc2-c2ccc(-c3ccc([Si](C)(C)C)c4ccccc34)cc21. The number of hydrogen-bond donors (Lipinski definition) is 0. The Bertz CT molecular complexity index is 2960. The maximum Gasteiger partial charge on any atom is 0.164 e. The van der Waals surface area contributed by atoms with Crippen LogP contribution in [0.15, 0.2) is 170 Å². The van der Waals surface area contributed by atoms with E-state index in [1.165, 1.54) is 60.3 Å². The van der Waals surface area contributed by atoms with E-state index in [9.17, 15) is 0 Å². The van der Waals surface area contributed by atoms with Crippen LogP contribution in [0.3, 0.4) is 0 Å². The summed E-state index contributed by atoms with van der Waals surface area (Å²) < 4.78 is 0. The molecule has 57 heavy (non-hydrogen) atoms. The van der Waals surface area contributed by atoms with Gasteiger partial charge in [0.1, 0.15) is 0 Å². The number of rotatable bonds is 6. The van der Waals surface area contributed by atoms with Crippen molar-refractivity contribution in [1.29, 1.82) is 0 Å². The zero-order chi connectivity index (χ0) is 38.9. The van der Waals surface area contributed by atoms with E-state index in [1.54, 1.807) is 0 Å². The quantitative estimate of drug-likeness (QED) is 0.159. The molecule has 9 aromatic rings. The van der Waals surface area contributed by atoms with E-state index in [2.05, 4.69) is 167 Å². The molecule has 0 saturated carbocycles. The lowest BCUT2D eigenvalue weighted by atomic mass is 9.80. The predicted molar refractivity (Wildman–Crippen MR) is 243 cm³/mol. The second kappa shape index (κ2) is 13.3. The molecule has 274 valence electrons. The van der Waals surface area contributed by atoms with Gasteiger partial charge in [-0.25, -0.2) is 15.0 Å². The number of hydrogen-bond acceptors (Lipinski definition) is 3. The molecule has 0 saturated heterocycles.